The summed E-state index contributed by atoms with van der Waals surface area (Å²) >= 11 is 1.54. The Morgan fingerprint density at radius 2 is 1.83 bits per heavy atom. The minimum atomic E-state index is -1.13. The third-order valence-electron chi connectivity index (χ3n) is 3.23. The molecule has 3 atom stereocenters. The monoisotopic (exact) mass is 364 g/mol. The van der Waals surface area contributed by atoms with Crippen LogP contribution in [0.5, 0.6) is 0 Å². The van der Waals surface area contributed by atoms with Crippen LogP contribution in [0.3, 0.4) is 0 Å². The number of ether oxygens (including phenoxy) is 1. The highest BCUT2D eigenvalue weighted by Crippen LogP contribution is 2.11. The van der Waals surface area contributed by atoms with E-state index in [2.05, 4.69) is 5.32 Å². The van der Waals surface area contributed by atoms with Crippen molar-refractivity contribution in [3.63, 3.8) is 0 Å². The molecule has 0 aliphatic rings. The van der Waals surface area contributed by atoms with Crippen LogP contribution in [0.15, 0.2) is 0 Å². The maximum atomic E-state index is 12.2. The second kappa shape index (κ2) is 12.7. The Morgan fingerprint density at radius 1 is 1.21 bits per heavy atom. The average molecular weight is 365 g/mol. The molecule has 5 N–H and O–H groups in total. The molecular weight excluding hydrogens is 332 g/mol. The van der Waals surface area contributed by atoms with Gasteiger partial charge in [0.2, 0.25) is 0 Å². The second-order valence-corrected chi connectivity index (χ2v) is 7.58. The number of carboxylic acid groups (broad SMARTS) is 1. The molecule has 0 aromatic carbocycles. The number of nitrogens with two attached hydrogens (primary N) is 1. The number of aliphatic hydroxyl groups is 1. The van der Waals surface area contributed by atoms with E-state index in [1.165, 1.54) is 0 Å². The van der Waals surface area contributed by atoms with Crippen molar-refractivity contribution in [2.45, 2.75) is 58.3 Å². The van der Waals surface area contributed by atoms with Gasteiger partial charge in [-0.25, -0.2) is 0 Å². The third kappa shape index (κ3) is 11.0. The van der Waals surface area contributed by atoms with E-state index >= 15 is 0 Å². The molecule has 0 amide bonds. The van der Waals surface area contributed by atoms with Crippen molar-refractivity contribution in [3.05, 3.63) is 0 Å². The SMILES string of the molecule is CC(C)N[C@@H](CCSCC(O)COC[C@H](N)C(=O)O)C(=O)C(C)C. The van der Waals surface area contributed by atoms with Gasteiger partial charge in [-0.15, -0.1) is 0 Å². The maximum Gasteiger partial charge on any atom is 0.322 e. The van der Waals surface area contributed by atoms with Crippen LogP contribution in [0.4, 0.5) is 0 Å². The predicted octanol–water partition coefficient (Wildman–Crippen LogP) is 0.491. The quantitative estimate of drug-likeness (QED) is 0.329. The van der Waals surface area contributed by atoms with Crippen LogP contribution < -0.4 is 11.1 Å². The van der Waals surface area contributed by atoms with Gasteiger partial charge in [0.05, 0.1) is 25.4 Å². The maximum absolute atomic E-state index is 12.2. The van der Waals surface area contributed by atoms with E-state index in [0.29, 0.717) is 12.2 Å². The molecule has 142 valence electrons. The number of hydrogen-bond acceptors (Lipinski definition) is 7. The van der Waals surface area contributed by atoms with Crippen LogP contribution in [-0.4, -0.2) is 70.9 Å². The molecule has 0 aliphatic carbocycles. The Labute approximate surface area is 148 Å². The first-order valence-corrected chi connectivity index (χ1v) is 9.42. The number of thioether (sulfide) groups is 1. The summed E-state index contributed by atoms with van der Waals surface area (Å²) < 4.78 is 5.08. The number of rotatable bonds is 14. The van der Waals surface area contributed by atoms with E-state index in [-0.39, 0.29) is 37.0 Å². The summed E-state index contributed by atoms with van der Waals surface area (Å²) in [7, 11) is 0. The number of Topliss-reactive ketones (excluding diaryl/α,β-unsaturated/α-hetero) is 1. The molecule has 7 nitrogen and oxygen atoms in total. The number of carbonyl (C=O) groups is 2. The first-order valence-electron chi connectivity index (χ1n) is 8.26. The molecule has 0 fully saturated rings. The van der Waals surface area contributed by atoms with Gasteiger partial charge in [0.1, 0.15) is 6.04 Å². The van der Waals surface area contributed by atoms with Crippen LogP contribution in [-0.2, 0) is 14.3 Å². The van der Waals surface area contributed by atoms with Gasteiger partial charge >= 0.3 is 5.97 Å². The lowest BCUT2D eigenvalue weighted by molar-refractivity contribution is -0.140. The number of nitrogens with one attached hydrogen (secondary N) is 1. The molecule has 0 spiro atoms. The molecule has 0 aromatic heterocycles. The van der Waals surface area contributed by atoms with Crippen LogP contribution in [0.25, 0.3) is 0 Å². The zero-order chi connectivity index (χ0) is 18.7. The summed E-state index contributed by atoms with van der Waals surface area (Å²) in [6.45, 7) is 7.74. The number of aliphatic hydroxyl groups excluding tert-OH is 1. The topological polar surface area (TPSA) is 122 Å². The van der Waals surface area contributed by atoms with Gasteiger partial charge in [0.25, 0.3) is 0 Å². The van der Waals surface area contributed by atoms with Crippen molar-refractivity contribution < 1.29 is 24.5 Å². The highest BCUT2D eigenvalue weighted by atomic mass is 32.2. The third-order valence-corrected chi connectivity index (χ3v) is 4.38. The average Bonchev–Trinajstić information content (AvgIpc) is 2.48. The molecule has 0 saturated heterocycles. The highest BCUT2D eigenvalue weighted by molar-refractivity contribution is 7.99. The van der Waals surface area contributed by atoms with Crippen LogP contribution in [0, 0.1) is 5.92 Å². The number of aliphatic carboxylic acids is 1. The van der Waals surface area contributed by atoms with Gasteiger partial charge in [0.15, 0.2) is 5.78 Å². The second-order valence-electron chi connectivity index (χ2n) is 6.43. The Balaban J connectivity index is 3.98. The minimum absolute atomic E-state index is 0.0105. The van der Waals surface area contributed by atoms with E-state index in [1.807, 2.05) is 27.7 Å². The summed E-state index contributed by atoms with van der Waals surface area (Å²) in [5.41, 5.74) is 5.30. The van der Waals surface area contributed by atoms with E-state index in [9.17, 15) is 14.7 Å². The van der Waals surface area contributed by atoms with Crippen LogP contribution in [0.2, 0.25) is 0 Å². The van der Waals surface area contributed by atoms with Gasteiger partial charge in [-0.1, -0.05) is 27.7 Å². The first kappa shape index (κ1) is 23.3. The van der Waals surface area contributed by atoms with Crippen molar-refractivity contribution in [2.75, 3.05) is 24.7 Å². The smallest absolute Gasteiger partial charge is 0.322 e. The van der Waals surface area contributed by atoms with Gasteiger partial charge in [-0.3, -0.25) is 9.59 Å². The molecule has 24 heavy (non-hydrogen) atoms. The van der Waals surface area contributed by atoms with E-state index in [0.717, 1.165) is 5.75 Å². The molecule has 0 saturated carbocycles. The van der Waals surface area contributed by atoms with Crippen molar-refractivity contribution >= 4 is 23.5 Å². The van der Waals surface area contributed by atoms with Crippen LogP contribution in [0.1, 0.15) is 34.1 Å². The lowest BCUT2D eigenvalue weighted by Crippen LogP contribution is -2.43. The van der Waals surface area contributed by atoms with Gasteiger partial charge in [0, 0.05) is 17.7 Å². The number of hydrogen-bond donors (Lipinski definition) is 4. The van der Waals surface area contributed by atoms with Crippen molar-refractivity contribution in [1.29, 1.82) is 0 Å². The largest absolute Gasteiger partial charge is 0.480 e. The van der Waals surface area contributed by atoms with Crippen molar-refractivity contribution in [2.24, 2.45) is 11.7 Å². The molecule has 0 rings (SSSR count). The fourth-order valence-electron chi connectivity index (χ4n) is 1.98. The zero-order valence-corrected chi connectivity index (χ0v) is 15.8. The lowest BCUT2D eigenvalue weighted by atomic mass is 9.99. The molecule has 8 heteroatoms. The van der Waals surface area contributed by atoms with Gasteiger partial charge in [-0.2, -0.15) is 11.8 Å². The predicted molar refractivity (Wildman–Crippen MR) is 96.3 cm³/mol. The molecule has 1 unspecified atom stereocenters. The summed E-state index contributed by atoms with van der Waals surface area (Å²) in [6, 6.07) is -1.01. The number of carbonyl (C=O) groups excluding carboxylic acids is 1. The number of ketones is 1. The van der Waals surface area contributed by atoms with Crippen LogP contribution >= 0.6 is 11.8 Å². The molecule has 0 aromatic rings. The Bertz CT molecular complexity index is 379. The highest BCUT2D eigenvalue weighted by Gasteiger charge is 2.21. The summed E-state index contributed by atoms with van der Waals surface area (Å²) in [5.74, 6) is 0.276. The number of carboxylic acids is 1. The van der Waals surface area contributed by atoms with E-state index < -0.39 is 18.1 Å². The van der Waals surface area contributed by atoms with Crippen molar-refractivity contribution in [1.82, 2.24) is 5.32 Å². The molecule has 0 bridgehead atoms. The summed E-state index contributed by atoms with van der Waals surface area (Å²) in [5, 5.41) is 21.7. The standard InChI is InChI=1S/C16H32N2O5S/c1-10(2)15(20)14(18-11(3)4)5-6-24-9-12(19)7-23-8-13(17)16(21)22/h10-14,18-19H,5-9,17H2,1-4H3,(H,21,22)/t12?,13-,14-/m0/s1. The van der Waals surface area contributed by atoms with E-state index in [4.69, 9.17) is 15.6 Å². The normalized spacial score (nSPS) is 15.5. The Kier molecular flexibility index (Phi) is 12.3. The summed E-state index contributed by atoms with van der Waals surface area (Å²) in [4.78, 5) is 22.7. The first-order chi connectivity index (χ1) is 11.1. The van der Waals surface area contributed by atoms with E-state index in [1.54, 1.807) is 11.8 Å². The molecule has 0 heterocycles. The lowest BCUT2D eigenvalue weighted by Gasteiger charge is -2.22. The zero-order valence-electron chi connectivity index (χ0n) is 15.0. The van der Waals surface area contributed by atoms with Crippen molar-refractivity contribution in [3.8, 4) is 0 Å². The fraction of sp³-hybridized carbons (Fsp3) is 0.875. The Morgan fingerprint density at radius 3 is 2.33 bits per heavy atom. The molecule has 0 aliphatic heterocycles. The molecular formula is C16H32N2O5S. The fourth-order valence-corrected chi connectivity index (χ4v) is 2.92. The summed E-state index contributed by atoms with van der Waals surface area (Å²) in [6.07, 6.45) is 0.0189. The minimum Gasteiger partial charge on any atom is -0.480 e. The molecule has 0 radical (unpaired) electrons. The Hall–Kier alpha value is -0.670. The van der Waals surface area contributed by atoms with Gasteiger partial charge < -0.3 is 26.0 Å². The van der Waals surface area contributed by atoms with Gasteiger partial charge in [-0.05, 0) is 12.2 Å².